The lowest BCUT2D eigenvalue weighted by Crippen LogP contribution is -2.25. The minimum Gasteiger partial charge on any atom is -0.347 e. The molecule has 1 heterocycles. The molecule has 0 aliphatic carbocycles. The highest BCUT2D eigenvalue weighted by Gasteiger charge is 2.15. The van der Waals surface area contributed by atoms with Gasteiger partial charge in [-0.25, -0.2) is 8.42 Å². The van der Waals surface area contributed by atoms with Crippen molar-refractivity contribution in [2.24, 2.45) is 0 Å². The number of carbonyl (C=O) groups excluding carboxylic acids is 1. The average Bonchev–Trinajstić information content (AvgIpc) is 3.04. The van der Waals surface area contributed by atoms with Gasteiger partial charge in [-0.15, -0.1) is 0 Å². The zero-order valence-electron chi connectivity index (χ0n) is 16.3. The van der Waals surface area contributed by atoms with Crippen molar-refractivity contribution < 1.29 is 13.2 Å². The summed E-state index contributed by atoms with van der Waals surface area (Å²) in [5, 5.41) is 0.866. The van der Waals surface area contributed by atoms with Gasteiger partial charge in [0.25, 0.3) is 10.0 Å². The third-order valence-corrected chi connectivity index (χ3v) is 6.00. The van der Waals surface area contributed by atoms with E-state index in [0.717, 1.165) is 29.3 Å². The summed E-state index contributed by atoms with van der Waals surface area (Å²) in [5.74, 6) is -0.00574. The molecule has 2 aromatic carbocycles. The number of hydrogen-bond donors (Lipinski definition) is 1. The van der Waals surface area contributed by atoms with Gasteiger partial charge in [0.2, 0.25) is 5.91 Å². The highest BCUT2D eigenvalue weighted by atomic mass is 32.2. The van der Waals surface area contributed by atoms with E-state index in [1.165, 1.54) is 0 Å². The molecule has 148 valence electrons. The molecule has 0 aliphatic rings. The van der Waals surface area contributed by atoms with E-state index in [1.54, 1.807) is 43.3 Å². The third kappa shape index (κ3) is 4.36. The van der Waals surface area contributed by atoms with E-state index < -0.39 is 10.0 Å². The zero-order chi connectivity index (χ0) is 20.3. The molecule has 0 saturated carbocycles. The lowest BCUT2D eigenvalue weighted by molar-refractivity contribution is -0.129. The highest BCUT2D eigenvalue weighted by molar-refractivity contribution is 7.92. The molecular formula is C21H25N3O3S. The second-order valence-electron chi connectivity index (χ2n) is 7.00. The molecule has 0 bridgehead atoms. The van der Waals surface area contributed by atoms with Gasteiger partial charge in [0.05, 0.1) is 4.90 Å². The molecule has 0 fully saturated rings. The largest absolute Gasteiger partial charge is 0.347 e. The summed E-state index contributed by atoms with van der Waals surface area (Å²) in [6.45, 7) is 2.33. The van der Waals surface area contributed by atoms with E-state index in [2.05, 4.69) is 11.6 Å². The van der Waals surface area contributed by atoms with Crippen molar-refractivity contribution in [1.29, 1.82) is 0 Å². The molecule has 0 spiro atoms. The normalized spacial score (nSPS) is 11.5. The fourth-order valence-corrected chi connectivity index (χ4v) is 4.08. The van der Waals surface area contributed by atoms with Crippen LogP contribution in [0.25, 0.3) is 10.9 Å². The van der Waals surface area contributed by atoms with E-state index in [0.29, 0.717) is 5.69 Å². The van der Waals surface area contributed by atoms with E-state index in [4.69, 9.17) is 0 Å². The van der Waals surface area contributed by atoms with Crippen LogP contribution in [0.1, 0.15) is 18.9 Å². The maximum absolute atomic E-state index is 12.7. The number of anilines is 1. The molecule has 3 rings (SSSR count). The van der Waals surface area contributed by atoms with Crippen LogP contribution in [0, 0.1) is 0 Å². The quantitative estimate of drug-likeness (QED) is 0.661. The fraction of sp³-hybridized carbons (Fsp3) is 0.286. The number of benzene rings is 2. The van der Waals surface area contributed by atoms with Gasteiger partial charge in [-0.1, -0.05) is 25.5 Å². The lowest BCUT2D eigenvalue weighted by Gasteiger charge is -2.12. The third-order valence-electron chi connectivity index (χ3n) is 4.60. The monoisotopic (exact) mass is 399 g/mol. The van der Waals surface area contributed by atoms with E-state index in [-0.39, 0.29) is 17.3 Å². The predicted octanol–water partition coefficient (Wildman–Crippen LogP) is 3.48. The van der Waals surface area contributed by atoms with Gasteiger partial charge < -0.3 is 9.47 Å². The standard InChI is InChI=1S/C21H25N3O3S/c1-4-5-16-6-9-19(10-7-16)28(26,27)22-18-8-11-20-17(14-18)12-13-24(20)15-21(25)23(2)3/h6-14,22H,4-5,15H2,1-3H3. The summed E-state index contributed by atoms with van der Waals surface area (Å²) >= 11 is 0. The van der Waals surface area contributed by atoms with Gasteiger partial charge >= 0.3 is 0 Å². The average molecular weight is 400 g/mol. The molecule has 1 amide bonds. The lowest BCUT2D eigenvalue weighted by atomic mass is 10.1. The van der Waals surface area contributed by atoms with Gasteiger partial charge in [-0.05, 0) is 48.4 Å². The number of nitrogens with one attached hydrogen (secondary N) is 1. The van der Waals surface area contributed by atoms with Crippen LogP contribution in [0.4, 0.5) is 5.69 Å². The van der Waals surface area contributed by atoms with Crippen molar-refractivity contribution in [1.82, 2.24) is 9.47 Å². The molecule has 1 N–H and O–H groups in total. The zero-order valence-corrected chi connectivity index (χ0v) is 17.2. The summed E-state index contributed by atoms with van der Waals surface area (Å²) in [6.07, 6.45) is 3.78. The van der Waals surface area contributed by atoms with Crippen molar-refractivity contribution >= 4 is 32.5 Å². The molecule has 0 saturated heterocycles. The smallest absolute Gasteiger partial charge is 0.261 e. The molecule has 0 radical (unpaired) electrons. The fourth-order valence-electron chi connectivity index (χ4n) is 3.03. The Hall–Kier alpha value is -2.80. The summed E-state index contributed by atoms with van der Waals surface area (Å²) in [5.41, 5.74) is 2.49. The Labute approximate surface area is 165 Å². The van der Waals surface area contributed by atoms with Crippen LogP contribution in [0.2, 0.25) is 0 Å². The first-order valence-corrected chi connectivity index (χ1v) is 10.7. The number of hydrogen-bond acceptors (Lipinski definition) is 3. The summed E-state index contributed by atoms with van der Waals surface area (Å²) < 4.78 is 29.8. The maximum Gasteiger partial charge on any atom is 0.261 e. The Balaban J connectivity index is 1.81. The Bertz CT molecular complexity index is 1080. The van der Waals surface area contributed by atoms with Crippen LogP contribution in [-0.2, 0) is 27.8 Å². The summed E-state index contributed by atoms with van der Waals surface area (Å²) in [4.78, 5) is 13.7. The molecule has 1 aromatic heterocycles. The van der Waals surface area contributed by atoms with Crippen molar-refractivity contribution in [3.8, 4) is 0 Å². The molecule has 0 unspecified atom stereocenters. The number of aromatic nitrogens is 1. The number of carbonyl (C=O) groups is 1. The van der Waals surface area contributed by atoms with E-state index >= 15 is 0 Å². The van der Waals surface area contributed by atoms with Crippen LogP contribution in [0.3, 0.4) is 0 Å². The topological polar surface area (TPSA) is 71.4 Å². The molecule has 28 heavy (non-hydrogen) atoms. The van der Waals surface area contributed by atoms with Crippen LogP contribution in [-0.4, -0.2) is 37.9 Å². The number of fused-ring (bicyclic) bond motifs is 1. The van der Waals surface area contributed by atoms with E-state index in [9.17, 15) is 13.2 Å². The number of sulfonamides is 1. The molecule has 7 heteroatoms. The van der Waals surface area contributed by atoms with Crippen LogP contribution < -0.4 is 4.72 Å². The van der Waals surface area contributed by atoms with Gasteiger partial charge in [-0.3, -0.25) is 9.52 Å². The van der Waals surface area contributed by atoms with Gasteiger partial charge in [0.1, 0.15) is 6.54 Å². The number of nitrogens with zero attached hydrogens (tertiary/aromatic N) is 2. The van der Waals surface area contributed by atoms with Gasteiger partial charge in [0, 0.05) is 36.9 Å². The highest BCUT2D eigenvalue weighted by Crippen LogP contribution is 2.23. The second kappa shape index (κ2) is 8.06. The Morgan fingerprint density at radius 1 is 1.07 bits per heavy atom. The Morgan fingerprint density at radius 2 is 1.79 bits per heavy atom. The Kier molecular flexibility index (Phi) is 5.74. The number of likely N-dealkylation sites (N-methyl/N-ethyl adjacent to an activating group) is 1. The van der Waals surface area contributed by atoms with Crippen molar-refractivity contribution in [2.75, 3.05) is 18.8 Å². The first-order valence-electron chi connectivity index (χ1n) is 9.21. The summed E-state index contributed by atoms with van der Waals surface area (Å²) in [7, 11) is -0.219. The van der Waals surface area contributed by atoms with E-state index in [1.807, 2.05) is 35.0 Å². The number of amides is 1. The predicted molar refractivity (Wildman–Crippen MR) is 112 cm³/mol. The first-order chi connectivity index (χ1) is 13.3. The molecule has 0 atom stereocenters. The van der Waals surface area contributed by atoms with Crippen LogP contribution in [0.15, 0.2) is 59.6 Å². The second-order valence-corrected chi connectivity index (χ2v) is 8.69. The SMILES string of the molecule is CCCc1ccc(S(=O)(=O)Nc2ccc3c(ccn3CC(=O)N(C)C)c2)cc1. The van der Waals surface area contributed by atoms with Crippen LogP contribution >= 0.6 is 0 Å². The number of rotatable bonds is 7. The number of aryl methyl sites for hydroxylation is 1. The van der Waals surface area contributed by atoms with Gasteiger partial charge in [-0.2, -0.15) is 0 Å². The minimum atomic E-state index is -3.65. The van der Waals surface area contributed by atoms with Crippen molar-refractivity contribution in [2.45, 2.75) is 31.2 Å². The molecule has 6 nitrogen and oxygen atoms in total. The Morgan fingerprint density at radius 3 is 2.43 bits per heavy atom. The molecular weight excluding hydrogens is 374 g/mol. The van der Waals surface area contributed by atoms with Crippen molar-refractivity contribution in [3.05, 3.63) is 60.3 Å². The van der Waals surface area contributed by atoms with Gasteiger partial charge in [0.15, 0.2) is 0 Å². The van der Waals surface area contributed by atoms with Crippen molar-refractivity contribution in [3.63, 3.8) is 0 Å². The minimum absolute atomic E-state index is 0.00574. The maximum atomic E-state index is 12.7. The molecule has 0 aliphatic heterocycles. The molecule has 3 aromatic rings. The van der Waals surface area contributed by atoms with Crippen LogP contribution in [0.5, 0.6) is 0 Å². The summed E-state index contributed by atoms with van der Waals surface area (Å²) in [6, 6.07) is 14.1. The first kappa shape index (κ1) is 19.9.